The Hall–Kier alpha value is -3.41. The summed E-state index contributed by atoms with van der Waals surface area (Å²) in [6.07, 6.45) is 1.35. The van der Waals surface area contributed by atoms with Crippen molar-refractivity contribution in [2.45, 2.75) is 26.8 Å². The molecule has 1 heterocycles. The maximum atomic E-state index is 13.0. The van der Waals surface area contributed by atoms with Crippen molar-refractivity contribution in [3.05, 3.63) is 71.1 Å². The molecule has 0 aliphatic carbocycles. The highest BCUT2D eigenvalue weighted by Crippen LogP contribution is 2.27. The highest BCUT2D eigenvalue weighted by atomic mass is 16.3. The van der Waals surface area contributed by atoms with Gasteiger partial charge in [0.25, 0.3) is 11.8 Å². The number of likely N-dealkylation sites (N-methyl/N-ethyl adjacent to an activating group) is 1. The Morgan fingerprint density at radius 1 is 1.14 bits per heavy atom. The van der Waals surface area contributed by atoms with E-state index in [9.17, 15) is 9.59 Å². The van der Waals surface area contributed by atoms with Crippen LogP contribution in [-0.4, -0.2) is 41.8 Å². The highest BCUT2D eigenvalue weighted by molar-refractivity contribution is 6.01. The molecule has 0 aliphatic rings. The molecule has 0 saturated carbocycles. The Morgan fingerprint density at radius 2 is 1.79 bits per heavy atom. The number of benzene rings is 2. The predicted molar refractivity (Wildman–Crippen MR) is 114 cm³/mol. The quantitative estimate of drug-likeness (QED) is 0.714. The molecule has 29 heavy (non-hydrogen) atoms. The molecular weight excluding hydrogens is 366 g/mol. The van der Waals surface area contributed by atoms with Gasteiger partial charge in [-0.3, -0.25) is 9.59 Å². The van der Waals surface area contributed by atoms with Crippen LogP contribution in [0.1, 0.15) is 44.3 Å². The first-order chi connectivity index (χ1) is 13.7. The van der Waals surface area contributed by atoms with Crippen LogP contribution in [0.4, 0.5) is 0 Å². The van der Waals surface area contributed by atoms with E-state index in [4.69, 9.17) is 4.42 Å². The number of rotatable bonds is 5. The van der Waals surface area contributed by atoms with Crippen LogP contribution in [0.25, 0.3) is 16.7 Å². The molecule has 6 nitrogen and oxygen atoms in total. The fourth-order valence-corrected chi connectivity index (χ4v) is 3.23. The van der Waals surface area contributed by atoms with E-state index >= 15 is 0 Å². The molecule has 0 saturated heterocycles. The predicted octanol–water partition coefficient (Wildman–Crippen LogP) is 3.98. The van der Waals surface area contributed by atoms with Crippen molar-refractivity contribution >= 4 is 28.5 Å². The van der Waals surface area contributed by atoms with E-state index < -0.39 is 0 Å². The summed E-state index contributed by atoms with van der Waals surface area (Å²) in [7, 11) is 3.33. The number of aromatic nitrogens is 1. The van der Waals surface area contributed by atoms with E-state index in [0.29, 0.717) is 27.8 Å². The molecule has 150 valence electrons. The normalized spacial score (nSPS) is 11.9. The maximum Gasteiger partial charge on any atom is 0.254 e. The second-order valence-corrected chi connectivity index (χ2v) is 7.21. The molecule has 6 heteroatoms. The minimum absolute atomic E-state index is 0.165. The van der Waals surface area contributed by atoms with E-state index in [1.54, 1.807) is 37.2 Å². The minimum Gasteiger partial charge on any atom is -0.443 e. The first kappa shape index (κ1) is 20.3. The molecule has 0 aliphatic heterocycles. The van der Waals surface area contributed by atoms with Crippen molar-refractivity contribution in [2.24, 2.45) is 0 Å². The maximum absolute atomic E-state index is 13.0. The third-order valence-electron chi connectivity index (χ3n) is 5.44. The number of hydrogen-bond donors (Lipinski definition) is 1. The lowest BCUT2D eigenvalue weighted by Crippen LogP contribution is -2.36. The monoisotopic (exact) mass is 391 g/mol. The third-order valence-corrected chi connectivity index (χ3v) is 5.44. The number of nitrogens with zero attached hydrogens (tertiary/aromatic N) is 2. The van der Waals surface area contributed by atoms with Gasteiger partial charge in [-0.05, 0) is 67.3 Å². The molecule has 0 radical (unpaired) electrons. The molecule has 2 amide bonds. The molecule has 1 unspecified atom stereocenters. The Kier molecular flexibility index (Phi) is 5.55. The van der Waals surface area contributed by atoms with Crippen molar-refractivity contribution in [3.63, 3.8) is 0 Å². The van der Waals surface area contributed by atoms with E-state index in [2.05, 4.69) is 16.9 Å². The lowest BCUT2D eigenvalue weighted by atomic mass is 9.91. The summed E-state index contributed by atoms with van der Waals surface area (Å²) >= 11 is 0. The summed E-state index contributed by atoms with van der Waals surface area (Å²) in [6.45, 7) is 10.1. The van der Waals surface area contributed by atoms with Crippen molar-refractivity contribution < 1.29 is 14.0 Å². The standard InChI is InChI=1S/C23H25N3O3/c1-13-9-18(19(10-14(13)2)22(27)24-5)15(3)16(4)26(6)23(28)17-7-8-20-21(11-17)29-12-25-20/h7-12,16H,3H2,1-2,4-6H3,(H,24,27). The van der Waals surface area contributed by atoms with Gasteiger partial charge in [-0.15, -0.1) is 0 Å². The van der Waals surface area contributed by atoms with Crippen LogP contribution in [0.15, 0.2) is 47.7 Å². The molecule has 1 atom stereocenters. The molecule has 3 aromatic rings. The summed E-state index contributed by atoms with van der Waals surface area (Å²) in [4.78, 5) is 31.1. The number of oxazole rings is 1. The van der Waals surface area contributed by atoms with Gasteiger partial charge in [-0.1, -0.05) is 12.6 Å². The second kappa shape index (κ2) is 7.91. The van der Waals surface area contributed by atoms with Crippen LogP contribution in [0, 0.1) is 13.8 Å². The van der Waals surface area contributed by atoms with Gasteiger partial charge in [-0.25, -0.2) is 4.98 Å². The highest BCUT2D eigenvalue weighted by Gasteiger charge is 2.24. The van der Waals surface area contributed by atoms with E-state index in [1.165, 1.54) is 6.39 Å². The Balaban J connectivity index is 1.92. The molecule has 0 bridgehead atoms. The molecule has 2 aromatic carbocycles. The number of carbonyl (C=O) groups excluding carboxylic acids is 2. The van der Waals surface area contributed by atoms with Crippen LogP contribution >= 0.6 is 0 Å². The van der Waals surface area contributed by atoms with Crippen LogP contribution in [-0.2, 0) is 0 Å². The Labute approximate surface area is 170 Å². The number of amides is 2. The lowest BCUT2D eigenvalue weighted by molar-refractivity contribution is 0.0774. The zero-order valence-corrected chi connectivity index (χ0v) is 17.4. The number of fused-ring (bicyclic) bond motifs is 1. The fourth-order valence-electron chi connectivity index (χ4n) is 3.23. The average molecular weight is 391 g/mol. The van der Waals surface area contributed by atoms with Crippen molar-refractivity contribution in [3.8, 4) is 0 Å². The summed E-state index contributed by atoms with van der Waals surface area (Å²) < 4.78 is 5.30. The summed E-state index contributed by atoms with van der Waals surface area (Å²) in [5.41, 5.74) is 5.84. The summed E-state index contributed by atoms with van der Waals surface area (Å²) in [5, 5.41) is 2.68. The number of carbonyl (C=O) groups is 2. The zero-order chi connectivity index (χ0) is 21.3. The van der Waals surface area contributed by atoms with Crippen molar-refractivity contribution in [1.29, 1.82) is 0 Å². The Bertz CT molecular complexity index is 1110. The van der Waals surface area contributed by atoms with Crippen LogP contribution in [0.3, 0.4) is 0 Å². The smallest absolute Gasteiger partial charge is 0.254 e. The third kappa shape index (κ3) is 3.78. The van der Waals surface area contributed by atoms with Crippen molar-refractivity contribution in [1.82, 2.24) is 15.2 Å². The fraction of sp³-hybridized carbons (Fsp3) is 0.261. The average Bonchev–Trinajstić information content (AvgIpc) is 3.20. The molecule has 1 aromatic heterocycles. The van der Waals surface area contributed by atoms with Gasteiger partial charge in [0.1, 0.15) is 5.52 Å². The largest absolute Gasteiger partial charge is 0.443 e. The SMILES string of the molecule is C=C(c1cc(C)c(C)cc1C(=O)NC)C(C)N(C)C(=O)c1ccc2ncoc2c1. The van der Waals surface area contributed by atoms with Gasteiger partial charge in [-0.2, -0.15) is 0 Å². The van der Waals surface area contributed by atoms with Crippen LogP contribution in [0.2, 0.25) is 0 Å². The van der Waals surface area contributed by atoms with Gasteiger partial charge < -0.3 is 14.6 Å². The number of aryl methyl sites for hydroxylation is 2. The second-order valence-electron chi connectivity index (χ2n) is 7.21. The molecule has 0 spiro atoms. The van der Waals surface area contributed by atoms with E-state index in [0.717, 1.165) is 16.7 Å². The van der Waals surface area contributed by atoms with E-state index in [-0.39, 0.29) is 17.9 Å². The van der Waals surface area contributed by atoms with Gasteiger partial charge in [0.2, 0.25) is 0 Å². The topological polar surface area (TPSA) is 75.4 Å². The van der Waals surface area contributed by atoms with Gasteiger partial charge in [0.15, 0.2) is 12.0 Å². The van der Waals surface area contributed by atoms with Gasteiger partial charge in [0, 0.05) is 25.2 Å². The van der Waals surface area contributed by atoms with Crippen molar-refractivity contribution in [2.75, 3.05) is 14.1 Å². The molecule has 0 fully saturated rings. The summed E-state index contributed by atoms with van der Waals surface area (Å²) in [5.74, 6) is -0.344. The van der Waals surface area contributed by atoms with Crippen LogP contribution < -0.4 is 5.32 Å². The number of hydrogen-bond acceptors (Lipinski definition) is 4. The first-order valence-electron chi connectivity index (χ1n) is 9.37. The van der Waals surface area contributed by atoms with Crippen LogP contribution in [0.5, 0.6) is 0 Å². The zero-order valence-electron chi connectivity index (χ0n) is 17.4. The first-order valence-corrected chi connectivity index (χ1v) is 9.37. The number of nitrogens with one attached hydrogen (secondary N) is 1. The van der Waals surface area contributed by atoms with Gasteiger partial charge in [0.05, 0.1) is 6.04 Å². The minimum atomic E-state index is -0.321. The van der Waals surface area contributed by atoms with E-state index in [1.807, 2.05) is 32.9 Å². The molecular formula is C23H25N3O3. The summed E-state index contributed by atoms with van der Waals surface area (Å²) in [6, 6.07) is 8.66. The lowest BCUT2D eigenvalue weighted by Gasteiger charge is -2.28. The molecule has 1 N–H and O–H groups in total. The Morgan fingerprint density at radius 3 is 2.45 bits per heavy atom. The molecule has 3 rings (SSSR count). The van der Waals surface area contributed by atoms with Gasteiger partial charge >= 0.3 is 0 Å².